The second-order valence-electron chi connectivity index (χ2n) is 5.35. The van der Waals surface area contributed by atoms with Crippen LogP contribution in [0.4, 0.5) is 5.69 Å². The molecule has 0 bridgehead atoms. The van der Waals surface area contributed by atoms with Crippen LogP contribution in [0.1, 0.15) is 6.42 Å². The Morgan fingerprint density at radius 3 is 2.52 bits per heavy atom. The monoisotopic (exact) mass is 398 g/mol. The summed E-state index contributed by atoms with van der Waals surface area (Å²) in [7, 11) is -3.73. The van der Waals surface area contributed by atoms with Gasteiger partial charge in [-0.25, -0.2) is 4.21 Å². The normalized spacial score (nSPS) is 20.0. The molecule has 11 heteroatoms. The average Bonchev–Trinajstić information content (AvgIpc) is 2.95. The molecular weight excluding hydrogens is 384 g/mol. The molecule has 1 aliphatic heterocycles. The summed E-state index contributed by atoms with van der Waals surface area (Å²) in [5, 5.41) is 0. The summed E-state index contributed by atoms with van der Waals surface area (Å²) in [6, 6.07) is 5.96. The number of benzene rings is 1. The fourth-order valence-electron chi connectivity index (χ4n) is 2.64. The Labute approximate surface area is 154 Å². The third-order valence-electron chi connectivity index (χ3n) is 3.84. The van der Waals surface area contributed by atoms with E-state index in [0.29, 0.717) is 24.3 Å². The topological polar surface area (TPSA) is 95.7 Å². The zero-order valence-corrected chi connectivity index (χ0v) is 15.3. The lowest BCUT2D eigenvalue weighted by atomic mass is 10.2. The van der Waals surface area contributed by atoms with Crippen LogP contribution in [-0.4, -0.2) is 40.5 Å². The molecule has 1 amide bonds. The maximum Gasteiger partial charge on any atom is 0.273 e. The number of hydrogen-bond donors (Lipinski definition) is 2. The first-order valence-electron chi connectivity index (χ1n) is 7.19. The lowest BCUT2D eigenvalue weighted by Crippen LogP contribution is -2.39. The smallest absolute Gasteiger partial charge is 0.273 e. The van der Waals surface area contributed by atoms with Crippen molar-refractivity contribution in [2.24, 2.45) is 0 Å². The fourth-order valence-corrected chi connectivity index (χ4v) is 3.68. The number of hydrogen-bond acceptors (Lipinski definition) is 6. The highest BCUT2D eigenvalue weighted by atomic mass is 32.9. The lowest BCUT2D eigenvalue weighted by Gasteiger charge is -2.21. The number of rotatable bonds is 4. The van der Waals surface area contributed by atoms with Crippen LogP contribution < -0.4 is 10.5 Å². The van der Waals surface area contributed by atoms with E-state index in [1.54, 1.807) is 30.5 Å². The number of carbonyl (C=O) groups excluding carboxylic acids is 1. The second kappa shape index (κ2) is 6.84. The zero-order valence-electron chi connectivity index (χ0n) is 12.8. The average molecular weight is 398 g/mol. The van der Waals surface area contributed by atoms with Gasteiger partial charge in [-0.2, -0.15) is 0 Å². The molecule has 1 N–H and O–H groups in total. The van der Waals surface area contributed by atoms with Gasteiger partial charge in [0.1, 0.15) is 6.04 Å². The molecule has 0 aliphatic carbocycles. The van der Waals surface area contributed by atoms with E-state index in [1.165, 1.54) is 21.9 Å². The zero-order chi connectivity index (χ0) is 18.2. The molecule has 2 atom stereocenters. The Bertz CT molecular complexity index is 959. The van der Waals surface area contributed by atoms with E-state index >= 15 is 0 Å². The molecular formula is C14H14N4O4S3. The predicted octanol–water partition coefficient (Wildman–Crippen LogP) is 0.619. The van der Waals surface area contributed by atoms with Crippen LogP contribution >= 0.6 is 12.8 Å². The summed E-state index contributed by atoms with van der Waals surface area (Å²) < 4.78 is 23.1. The van der Waals surface area contributed by atoms with Crippen molar-refractivity contribution in [3.63, 3.8) is 0 Å². The van der Waals surface area contributed by atoms with Gasteiger partial charge in [0.2, 0.25) is 14.9 Å². The number of carbonyl (C=O) groups is 1. The van der Waals surface area contributed by atoms with Gasteiger partial charge >= 0.3 is 0 Å². The molecule has 1 aliphatic rings. The number of aromatic nitrogens is 2. The Hall–Kier alpha value is -1.79. The van der Waals surface area contributed by atoms with Crippen LogP contribution in [-0.2, 0) is 24.9 Å². The SMILES string of the molecule is O=C1C(N(S)S(=O)(O)=S)CCN1c1ccc(-n2ccncc2=O)cc1. The summed E-state index contributed by atoms with van der Waals surface area (Å²) in [5.74, 6) is -0.351. The van der Waals surface area contributed by atoms with E-state index < -0.39 is 15.0 Å². The Kier molecular flexibility index (Phi) is 4.93. The van der Waals surface area contributed by atoms with Gasteiger partial charge in [0, 0.05) is 41.5 Å². The van der Waals surface area contributed by atoms with E-state index in [9.17, 15) is 18.4 Å². The van der Waals surface area contributed by atoms with Crippen LogP contribution in [0.5, 0.6) is 0 Å². The predicted molar refractivity (Wildman–Crippen MR) is 99.6 cm³/mol. The summed E-state index contributed by atoms with van der Waals surface area (Å²) >= 11 is 8.37. The Morgan fingerprint density at radius 1 is 1.28 bits per heavy atom. The van der Waals surface area contributed by atoms with Gasteiger partial charge < -0.3 is 4.90 Å². The third-order valence-corrected chi connectivity index (χ3v) is 6.33. The van der Waals surface area contributed by atoms with Gasteiger partial charge in [-0.15, -0.1) is 3.71 Å². The molecule has 0 saturated carbocycles. The Balaban J connectivity index is 1.83. The van der Waals surface area contributed by atoms with Crippen LogP contribution in [0.2, 0.25) is 0 Å². The molecule has 1 aromatic carbocycles. The summed E-state index contributed by atoms with van der Waals surface area (Å²) in [4.78, 5) is 29.5. The molecule has 1 saturated heterocycles. The molecule has 1 aromatic heterocycles. The first kappa shape index (κ1) is 18.0. The third kappa shape index (κ3) is 3.60. The maximum atomic E-state index is 12.5. The summed E-state index contributed by atoms with van der Waals surface area (Å²) in [6.07, 6.45) is 4.61. The molecule has 2 aromatic rings. The van der Waals surface area contributed by atoms with Gasteiger partial charge in [-0.05, 0) is 30.7 Å². The van der Waals surface area contributed by atoms with Gasteiger partial charge in [-0.1, -0.05) is 12.8 Å². The number of anilines is 1. The number of amides is 1. The number of nitrogens with zero attached hydrogens (tertiary/aromatic N) is 4. The molecule has 8 nitrogen and oxygen atoms in total. The number of thiol groups is 1. The van der Waals surface area contributed by atoms with E-state index in [-0.39, 0.29) is 11.5 Å². The first-order valence-corrected chi connectivity index (χ1v) is 9.99. The van der Waals surface area contributed by atoms with Crippen molar-refractivity contribution in [3.8, 4) is 5.69 Å². The minimum absolute atomic E-state index is 0.263. The largest absolute Gasteiger partial charge is 0.311 e. The summed E-state index contributed by atoms with van der Waals surface area (Å²) in [6.45, 7) is 0.375. The van der Waals surface area contributed by atoms with Gasteiger partial charge in [0.05, 0.1) is 6.20 Å². The highest BCUT2D eigenvalue weighted by Gasteiger charge is 2.39. The standard InChI is InChI=1S/C14H14N4O4S3/c19-13-9-15-6-8-16(13)10-1-3-11(4-2-10)17-7-5-12(14(17)20)18(23)25(21,22)24/h1-4,6,8-9,12,23H,5,7H2,(H,21,22,24). The van der Waals surface area contributed by atoms with Crippen molar-refractivity contribution >= 4 is 44.6 Å². The first-order chi connectivity index (χ1) is 11.8. The van der Waals surface area contributed by atoms with Crippen molar-refractivity contribution in [2.45, 2.75) is 12.5 Å². The molecule has 3 rings (SSSR count). The van der Waals surface area contributed by atoms with Crippen molar-refractivity contribution in [1.82, 2.24) is 13.3 Å². The van der Waals surface area contributed by atoms with Crippen molar-refractivity contribution in [1.29, 1.82) is 0 Å². The van der Waals surface area contributed by atoms with E-state index in [2.05, 4.69) is 29.0 Å². The van der Waals surface area contributed by atoms with Crippen LogP contribution in [0.3, 0.4) is 0 Å². The van der Waals surface area contributed by atoms with Gasteiger partial charge in [0.25, 0.3) is 5.56 Å². The summed E-state index contributed by atoms with van der Waals surface area (Å²) in [5.41, 5.74) is 0.995. The molecule has 132 valence electrons. The van der Waals surface area contributed by atoms with Crippen molar-refractivity contribution in [3.05, 3.63) is 53.2 Å². The minimum atomic E-state index is -3.73. The maximum absolute atomic E-state index is 12.5. The quantitative estimate of drug-likeness (QED) is 0.733. The minimum Gasteiger partial charge on any atom is -0.311 e. The molecule has 25 heavy (non-hydrogen) atoms. The second-order valence-corrected chi connectivity index (χ2v) is 8.64. The lowest BCUT2D eigenvalue weighted by molar-refractivity contribution is -0.119. The Morgan fingerprint density at radius 2 is 1.92 bits per heavy atom. The molecule has 0 radical (unpaired) electrons. The molecule has 1 fully saturated rings. The molecule has 2 heterocycles. The van der Waals surface area contributed by atoms with E-state index in [1.807, 2.05) is 0 Å². The van der Waals surface area contributed by atoms with Crippen LogP contribution in [0, 0.1) is 0 Å². The van der Waals surface area contributed by atoms with Gasteiger partial charge in [-0.3, -0.25) is 23.7 Å². The van der Waals surface area contributed by atoms with Crippen molar-refractivity contribution in [2.75, 3.05) is 11.4 Å². The van der Waals surface area contributed by atoms with Crippen LogP contribution in [0.25, 0.3) is 5.69 Å². The van der Waals surface area contributed by atoms with Crippen molar-refractivity contribution < 1.29 is 13.6 Å². The molecule has 0 spiro atoms. The highest BCUT2D eigenvalue weighted by Crippen LogP contribution is 2.27. The van der Waals surface area contributed by atoms with E-state index in [4.69, 9.17) is 0 Å². The van der Waals surface area contributed by atoms with E-state index in [0.717, 1.165) is 3.71 Å². The fraction of sp³-hybridized carbons (Fsp3) is 0.214. The van der Waals surface area contributed by atoms with Gasteiger partial charge in [0.15, 0.2) is 0 Å². The molecule has 2 unspecified atom stereocenters. The van der Waals surface area contributed by atoms with Crippen LogP contribution in [0.15, 0.2) is 47.7 Å². The highest BCUT2D eigenvalue weighted by molar-refractivity contribution is 8.30.